The Morgan fingerprint density at radius 3 is 2.55 bits per heavy atom. The monoisotopic (exact) mass is 320 g/mol. The summed E-state index contributed by atoms with van der Waals surface area (Å²) in [6, 6.07) is 10.8. The Kier molecular flexibility index (Phi) is 4.37. The Balaban J connectivity index is 2.42. The predicted molar refractivity (Wildman–Crippen MR) is 83.5 cm³/mol. The van der Waals surface area contributed by atoms with E-state index in [1.54, 1.807) is 25.1 Å². The van der Waals surface area contributed by atoms with E-state index in [1.165, 1.54) is 31.4 Å². The van der Waals surface area contributed by atoms with Crippen molar-refractivity contribution < 1.29 is 17.9 Å². The van der Waals surface area contributed by atoms with E-state index in [0.717, 1.165) is 5.56 Å². The van der Waals surface area contributed by atoms with Crippen LogP contribution in [0, 0.1) is 6.92 Å². The molecule has 0 spiro atoms. The van der Waals surface area contributed by atoms with Gasteiger partial charge in [-0.1, -0.05) is 12.1 Å². The molecule has 0 atom stereocenters. The third-order valence-corrected chi connectivity index (χ3v) is 4.41. The maximum Gasteiger partial charge on any atom is 0.265 e. The van der Waals surface area contributed by atoms with Crippen LogP contribution in [-0.2, 0) is 10.0 Å². The molecule has 2 aromatic rings. The molecule has 0 saturated heterocycles. The van der Waals surface area contributed by atoms with Gasteiger partial charge in [0.05, 0.1) is 7.11 Å². The average molecular weight is 320 g/mol. The molecule has 7 heteroatoms. The third kappa shape index (κ3) is 3.37. The van der Waals surface area contributed by atoms with Crippen molar-refractivity contribution in [1.29, 1.82) is 0 Å². The molecule has 0 aliphatic carbocycles. The maximum atomic E-state index is 12.5. The first-order chi connectivity index (χ1) is 10.3. The predicted octanol–water partition coefficient (Wildman–Crippen LogP) is 1.90. The fourth-order valence-electron chi connectivity index (χ4n) is 1.94. The summed E-state index contributed by atoms with van der Waals surface area (Å²) in [4.78, 5) is 11.2. The fraction of sp³-hybridized carbons (Fsp3) is 0.133. The van der Waals surface area contributed by atoms with Crippen molar-refractivity contribution in [1.82, 2.24) is 0 Å². The second-order valence-corrected chi connectivity index (χ2v) is 6.36. The van der Waals surface area contributed by atoms with Gasteiger partial charge in [-0.2, -0.15) is 0 Å². The molecule has 6 nitrogen and oxygen atoms in total. The Morgan fingerprint density at radius 1 is 1.18 bits per heavy atom. The van der Waals surface area contributed by atoms with Crippen molar-refractivity contribution in [2.75, 3.05) is 11.8 Å². The van der Waals surface area contributed by atoms with Crippen LogP contribution in [0.4, 0.5) is 5.69 Å². The number of aryl methyl sites for hydroxylation is 1. The van der Waals surface area contributed by atoms with Gasteiger partial charge in [0.2, 0.25) is 5.91 Å². The van der Waals surface area contributed by atoms with Gasteiger partial charge in [0.25, 0.3) is 10.0 Å². The zero-order valence-corrected chi connectivity index (χ0v) is 13.0. The number of carbonyl (C=O) groups excluding carboxylic acids is 1. The van der Waals surface area contributed by atoms with Crippen LogP contribution in [0.2, 0.25) is 0 Å². The molecule has 0 fully saturated rings. The number of amides is 1. The molecule has 0 unspecified atom stereocenters. The summed E-state index contributed by atoms with van der Waals surface area (Å²) >= 11 is 0. The van der Waals surface area contributed by atoms with Gasteiger partial charge < -0.3 is 10.5 Å². The highest BCUT2D eigenvalue weighted by molar-refractivity contribution is 7.92. The lowest BCUT2D eigenvalue weighted by molar-refractivity contribution is 0.100. The molecule has 116 valence electrons. The minimum absolute atomic E-state index is 0.0273. The van der Waals surface area contributed by atoms with Crippen LogP contribution < -0.4 is 15.2 Å². The lowest BCUT2D eigenvalue weighted by Gasteiger charge is -2.12. The van der Waals surface area contributed by atoms with Crippen LogP contribution in [0.1, 0.15) is 15.9 Å². The van der Waals surface area contributed by atoms with E-state index >= 15 is 0 Å². The molecular formula is C15H16N2O4S. The standard InChI is InChI=1S/C15H16N2O4S/c1-10-6-7-13(21-2)14(8-10)22(19,20)17-12-5-3-4-11(9-12)15(16)18/h3-9,17H,1-2H3,(H2,16,18). The number of anilines is 1. The summed E-state index contributed by atoms with van der Waals surface area (Å²) in [5.74, 6) is -0.390. The van der Waals surface area contributed by atoms with Crippen molar-refractivity contribution >= 4 is 21.6 Å². The zero-order chi connectivity index (χ0) is 16.3. The normalized spacial score (nSPS) is 11.0. The minimum atomic E-state index is -3.85. The summed E-state index contributed by atoms with van der Waals surface area (Å²) in [6.45, 7) is 1.78. The van der Waals surface area contributed by atoms with Crippen molar-refractivity contribution in [3.63, 3.8) is 0 Å². The van der Waals surface area contributed by atoms with Gasteiger partial charge in [-0.05, 0) is 42.8 Å². The number of carbonyl (C=O) groups is 1. The van der Waals surface area contributed by atoms with Crippen LogP contribution in [0.3, 0.4) is 0 Å². The summed E-state index contributed by atoms with van der Waals surface area (Å²) < 4.78 is 32.5. The molecule has 0 aliphatic heterocycles. The van der Waals surface area contributed by atoms with E-state index in [0.29, 0.717) is 0 Å². The van der Waals surface area contributed by atoms with Crippen molar-refractivity contribution in [2.24, 2.45) is 5.73 Å². The van der Waals surface area contributed by atoms with E-state index in [4.69, 9.17) is 10.5 Å². The number of hydrogen-bond donors (Lipinski definition) is 2. The number of nitrogens with two attached hydrogens (primary N) is 1. The first kappa shape index (κ1) is 15.8. The lowest BCUT2D eigenvalue weighted by Crippen LogP contribution is -2.16. The van der Waals surface area contributed by atoms with Crippen molar-refractivity contribution in [2.45, 2.75) is 11.8 Å². The number of benzene rings is 2. The first-order valence-corrected chi connectivity index (χ1v) is 7.89. The number of hydrogen-bond acceptors (Lipinski definition) is 4. The van der Waals surface area contributed by atoms with E-state index in [-0.39, 0.29) is 21.9 Å². The molecule has 3 N–H and O–H groups in total. The molecule has 0 aromatic heterocycles. The second-order valence-electron chi connectivity index (χ2n) is 4.70. The lowest BCUT2D eigenvalue weighted by atomic mass is 10.2. The van der Waals surface area contributed by atoms with E-state index in [2.05, 4.69) is 4.72 Å². The van der Waals surface area contributed by atoms with Gasteiger partial charge in [0.15, 0.2) is 0 Å². The van der Waals surface area contributed by atoms with Gasteiger partial charge in [-0.15, -0.1) is 0 Å². The number of rotatable bonds is 5. The quantitative estimate of drug-likeness (QED) is 0.879. The molecule has 2 aromatic carbocycles. The molecule has 0 heterocycles. The Hall–Kier alpha value is -2.54. The molecule has 0 aliphatic rings. The van der Waals surface area contributed by atoms with Crippen molar-refractivity contribution in [3.8, 4) is 5.75 Å². The summed E-state index contributed by atoms with van der Waals surface area (Å²) in [5.41, 5.74) is 6.44. The van der Waals surface area contributed by atoms with Crippen molar-refractivity contribution in [3.05, 3.63) is 53.6 Å². The highest BCUT2D eigenvalue weighted by Crippen LogP contribution is 2.26. The Morgan fingerprint density at radius 2 is 1.91 bits per heavy atom. The summed E-state index contributed by atoms with van der Waals surface area (Å²) in [7, 11) is -2.45. The van der Waals surface area contributed by atoms with E-state index < -0.39 is 15.9 Å². The van der Waals surface area contributed by atoms with Crippen LogP contribution in [0.15, 0.2) is 47.4 Å². The van der Waals surface area contributed by atoms with E-state index in [9.17, 15) is 13.2 Å². The van der Waals surface area contributed by atoms with Crippen LogP contribution in [0.5, 0.6) is 5.75 Å². The third-order valence-electron chi connectivity index (χ3n) is 3.01. The number of nitrogens with one attached hydrogen (secondary N) is 1. The molecule has 1 amide bonds. The number of sulfonamides is 1. The highest BCUT2D eigenvalue weighted by atomic mass is 32.2. The fourth-order valence-corrected chi connectivity index (χ4v) is 3.24. The topological polar surface area (TPSA) is 98.5 Å². The average Bonchev–Trinajstić information content (AvgIpc) is 2.47. The smallest absolute Gasteiger partial charge is 0.265 e. The number of primary amides is 1. The zero-order valence-electron chi connectivity index (χ0n) is 12.2. The molecule has 2 rings (SSSR count). The molecule has 0 bridgehead atoms. The molecular weight excluding hydrogens is 304 g/mol. The molecule has 0 radical (unpaired) electrons. The van der Waals surface area contributed by atoms with Crippen LogP contribution in [0.25, 0.3) is 0 Å². The number of ether oxygens (including phenoxy) is 1. The van der Waals surface area contributed by atoms with Crippen LogP contribution in [-0.4, -0.2) is 21.4 Å². The van der Waals surface area contributed by atoms with E-state index in [1.807, 2.05) is 0 Å². The van der Waals surface area contributed by atoms with Gasteiger partial charge in [0.1, 0.15) is 10.6 Å². The Labute approximate surface area is 129 Å². The second kappa shape index (κ2) is 6.07. The van der Waals surface area contributed by atoms with Gasteiger partial charge in [0, 0.05) is 11.3 Å². The van der Waals surface area contributed by atoms with Crippen LogP contribution >= 0.6 is 0 Å². The number of methoxy groups -OCH3 is 1. The largest absolute Gasteiger partial charge is 0.495 e. The SMILES string of the molecule is COc1ccc(C)cc1S(=O)(=O)Nc1cccc(C(N)=O)c1. The first-order valence-electron chi connectivity index (χ1n) is 6.41. The summed E-state index contributed by atoms with van der Waals surface area (Å²) in [5, 5.41) is 0. The molecule has 0 saturated carbocycles. The van der Waals surface area contributed by atoms with Gasteiger partial charge in [-0.3, -0.25) is 9.52 Å². The highest BCUT2D eigenvalue weighted by Gasteiger charge is 2.20. The van der Waals surface area contributed by atoms with Gasteiger partial charge >= 0.3 is 0 Å². The van der Waals surface area contributed by atoms with Gasteiger partial charge in [-0.25, -0.2) is 8.42 Å². The minimum Gasteiger partial charge on any atom is -0.495 e. The maximum absolute atomic E-state index is 12.5. The Bertz CT molecular complexity index is 816. The summed E-state index contributed by atoms with van der Waals surface area (Å²) in [6.07, 6.45) is 0. The molecule has 22 heavy (non-hydrogen) atoms.